The summed E-state index contributed by atoms with van der Waals surface area (Å²) in [4.78, 5) is 11.0. The van der Waals surface area contributed by atoms with E-state index in [9.17, 15) is 9.36 Å². The first-order chi connectivity index (χ1) is 6.67. The topological polar surface area (TPSA) is 84.9 Å². The molecule has 4 unspecified atom stereocenters. The fourth-order valence-corrected chi connectivity index (χ4v) is 1.86. The summed E-state index contributed by atoms with van der Waals surface area (Å²) in [6, 6.07) is 0. The molecule has 0 bridgehead atoms. The second-order valence-corrected chi connectivity index (χ2v) is 4.30. The third-order valence-corrected chi connectivity index (χ3v) is 2.97. The Hall–Kier alpha value is 0.310. The maximum Gasteiger partial charge on any atom is 0.539 e. The van der Waals surface area contributed by atoms with Crippen LogP contribution in [0.4, 0.5) is 0 Å². The number of aliphatic hydroxyl groups is 1. The van der Waals surface area contributed by atoms with E-state index in [1.54, 1.807) is 0 Å². The number of nitrogens with one attached hydrogen (secondary N) is 1. The van der Waals surface area contributed by atoms with Crippen LogP contribution >= 0.6 is 25.5 Å². The average Bonchev–Trinajstić information content (AvgIpc) is 2.22. The molecule has 0 aromatic rings. The van der Waals surface area contributed by atoms with E-state index in [2.05, 4.69) is 23.3 Å². The van der Waals surface area contributed by atoms with E-state index in [0.717, 1.165) is 7.11 Å². The van der Waals surface area contributed by atoms with Crippen LogP contribution in [0.5, 0.6) is 0 Å². The first-order valence-electron chi connectivity index (χ1n) is 3.46. The molecule has 0 aromatic heterocycles. The summed E-state index contributed by atoms with van der Waals surface area (Å²) in [5.41, 5.74) is 0. The molecule has 0 saturated carbocycles. The van der Waals surface area contributed by atoms with Crippen LogP contribution in [0, 0.1) is 0 Å². The Labute approximate surface area is 88.0 Å². The van der Waals surface area contributed by atoms with Gasteiger partial charge in [-0.15, -0.1) is 4.52 Å². The SMILES string of the molecule is CNC(C(=O)OPP)[P+](=O)OC.CO. The number of carbonyl (C=O) groups is 1. The lowest BCUT2D eigenvalue weighted by molar-refractivity contribution is -0.133. The Kier molecular flexibility index (Phi) is 13.6. The van der Waals surface area contributed by atoms with Crippen molar-refractivity contribution in [3.63, 3.8) is 0 Å². The van der Waals surface area contributed by atoms with Crippen molar-refractivity contribution in [1.82, 2.24) is 5.32 Å². The minimum absolute atomic E-state index is 0.0289. The molecule has 2 N–H and O–H groups in total. The van der Waals surface area contributed by atoms with E-state index < -0.39 is 19.8 Å². The van der Waals surface area contributed by atoms with E-state index in [0.29, 0.717) is 0 Å². The summed E-state index contributed by atoms with van der Waals surface area (Å²) in [5.74, 6) is -1.44. The van der Waals surface area contributed by atoms with Crippen molar-refractivity contribution in [2.45, 2.75) is 5.78 Å². The maximum absolute atomic E-state index is 11.0. The second-order valence-electron chi connectivity index (χ2n) is 1.70. The number of aliphatic hydroxyl groups excluding tert-OH is 1. The Balaban J connectivity index is 0. The summed E-state index contributed by atoms with van der Waals surface area (Å²) in [6.45, 7) is 0. The van der Waals surface area contributed by atoms with Crippen molar-refractivity contribution in [2.24, 2.45) is 0 Å². The van der Waals surface area contributed by atoms with Gasteiger partial charge in [0.05, 0.1) is 15.6 Å². The van der Waals surface area contributed by atoms with E-state index in [4.69, 9.17) is 5.11 Å². The normalized spacial score (nSPS) is 13.1. The van der Waals surface area contributed by atoms with Crippen molar-refractivity contribution in [3.05, 3.63) is 0 Å². The Morgan fingerprint density at radius 1 is 1.64 bits per heavy atom. The molecule has 6 nitrogen and oxygen atoms in total. The molecule has 0 rings (SSSR count). The van der Waals surface area contributed by atoms with E-state index in [-0.39, 0.29) is 8.50 Å². The minimum Gasteiger partial charge on any atom is -0.440 e. The van der Waals surface area contributed by atoms with Gasteiger partial charge in [0.1, 0.15) is 0 Å². The first-order valence-corrected chi connectivity index (χ1v) is 7.42. The lowest BCUT2D eigenvalue weighted by Gasteiger charge is -2.02. The molecular weight excluding hydrogens is 247 g/mol. The van der Waals surface area contributed by atoms with E-state index >= 15 is 0 Å². The quantitative estimate of drug-likeness (QED) is 0.700. The largest absolute Gasteiger partial charge is 0.539 e. The number of hydrogen-bond donors (Lipinski definition) is 2. The van der Waals surface area contributed by atoms with E-state index in [1.807, 2.05) is 0 Å². The average molecular weight is 262 g/mol. The highest BCUT2D eigenvalue weighted by Crippen LogP contribution is 2.30. The Morgan fingerprint density at radius 3 is 2.43 bits per heavy atom. The number of likely N-dealkylation sites (N-methyl/N-ethyl adjacent to an activating group) is 1. The maximum atomic E-state index is 11.0. The molecule has 0 fully saturated rings. The Bertz CT molecular complexity index is 179. The predicted molar refractivity (Wildman–Crippen MR) is 59.7 cm³/mol. The Morgan fingerprint density at radius 2 is 2.14 bits per heavy atom. The first kappa shape index (κ1) is 16.7. The minimum atomic E-state index is -2.03. The molecule has 0 aromatic carbocycles. The smallest absolute Gasteiger partial charge is 0.440 e. The number of hydrogen-bond acceptors (Lipinski definition) is 6. The van der Waals surface area contributed by atoms with Crippen molar-refractivity contribution >= 4 is 31.4 Å². The highest BCUT2D eigenvalue weighted by atomic mass is 32.0. The van der Waals surface area contributed by atoms with Gasteiger partial charge >= 0.3 is 19.8 Å². The molecule has 0 aliphatic heterocycles. The van der Waals surface area contributed by atoms with Crippen molar-refractivity contribution < 1.29 is 23.5 Å². The van der Waals surface area contributed by atoms with Gasteiger partial charge in [-0.25, -0.2) is 4.79 Å². The molecule has 0 amide bonds. The molecule has 9 heteroatoms. The van der Waals surface area contributed by atoms with Crippen LogP contribution < -0.4 is 5.32 Å². The molecule has 0 radical (unpaired) electrons. The van der Waals surface area contributed by atoms with Crippen LogP contribution in [0.15, 0.2) is 0 Å². The molecule has 0 saturated heterocycles. The summed E-state index contributed by atoms with van der Waals surface area (Å²) in [6.07, 6.45) is 0. The number of carbonyl (C=O) groups excluding carboxylic acids is 1. The molecule has 4 atom stereocenters. The zero-order chi connectivity index (χ0) is 11.6. The highest BCUT2D eigenvalue weighted by molar-refractivity contribution is 8.00. The van der Waals surface area contributed by atoms with Crippen molar-refractivity contribution in [1.29, 1.82) is 0 Å². The van der Waals surface area contributed by atoms with Gasteiger partial charge in [-0.1, -0.05) is 8.93 Å². The van der Waals surface area contributed by atoms with Gasteiger partial charge in [-0.3, -0.25) is 5.32 Å². The molecule has 0 heterocycles. The van der Waals surface area contributed by atoms with Crippen LogP contribution in [0.1, 0.15) is 0 Å². The fraction of sp³-hybridized carbons (Fsp3) is 0.800. The van der Waals surface area contributed by atoms with Crippen LogP contribution in [-0.4, -0.2) is 38.1 Å². The van der Waals surface area contributed by atoms with Gasteiger partial charge < -0.3 is 9.63 Å². The van der Waals surface area contributed by atoms with Gasteiger partial charge in [0, 0.05) is 7.11 Å². The van der Waals surface area contributed by atoms with Gasteiger partial charge in [-0.05, 0) is 11.6 Å². The van der Waals surface area contributed by atoms with Crippen LogP contribution in [0.2, 0.25) is 0 Å². The second kappa shape index (κ2) is 11.4. The molecule has 14 heavy (non-hydrogen) atoms. The monoisotopic (exact) mass is 262 g/mol. The van der Waals surface area contributed by atoms with Crippen molar-refractivity contribution in [3.8, 4) is 0 Å². The van der Waals surface area contributed by atoms with Crippen LogP contribution in [0.3, 0.4) is 0 Å². The summed E-state index contributed by atoms with van der Waals surface area (Å²) < 4.78 is 20.2. The highest BCUT2D eigenvalue weighted by Gasteiger charge is 2.38. The van der Waals surface area contributed by atoms with Gasteiger partial charge in [0.25, 0.3) is 0 Å². The molecule has 84 valence electrons. The third kappa shape index (κ3) is 6.72. The molecule has 0 spiro atoms. The van der Waals surface area contributed by atoms with Crippen LogP contribution in [0.25, 0.3) is 0 Å². The van der Waals surface area contributed by atoms with Gasteiger partial charge in [0.2, 0.25) is 0 Å². The predicted octanol–water partition coefficient (Wildman–Crippen LogP) is 0.456. The van der Waals surface area contributed by atoms with Crippen molar-refractivity contribution in [2.75, 3.05) is 21.3 Å². The summed E-state index contributed by atoms with van der Waals surface area (Å²) in [5, 5.41) is 9.55. The fourth-order valence-electron chi connectivity index (χ4n) is 0.529. The molecule has 0 aliphatic carbocycles. The summed E-state index contributed by atoms with van der Waals surface area (Å²) in [7, 11) is 3.99. The third-order valence-electron chi connectivity index (χ3n) is 1.05. The van der Waals surface area contributed by atoms with Gasteiger partial charge in [0.15, 0.2) is 0 Å². The number of rotatable bonds is 5. The zero-order valence-corrected chi connectivity index (χ0v) is 11.2. The standard InChI is InChI=1S/C4H11NO4P3.CH4O/c1-5-3(12(7)8-2)4(6)9-11-10;1-2/h3,5,11H,10H2,1-2H3;2H,1H3/q+1;. The molecular formula is C5H15NO5P3+. The van der Waals surface area contributed by atoms with Crippen LogP contribution in [-0.2, 0) is 18.4 Å². The van der Waals surface area contributed by atoms with Gasteiger partial charge in [-0.2, -0.15) is 0 Å². The lowest BCUT2D eigenvalue weighted by Crippen LogP contribution is -2.31. The summed E-state index contributed by atoms with van der Waals surface area (Å²) >= 11 is 0. The van der Waals surface area contributed by atoms with E-state index in [1.165, 1.54) is 14.2 Å². The zero-order valence-electron chi connectivity index (χ0n) is 8.18. The lowest BCUT2D eigenvalue weighted by atomic mass is 10.7. The molecule has 0 aliphatic rings.